The topological polar surface area (TPSA) is 119 Å². The van der Waals surface area contributed by atoms with Gasteiger partial charge in [-0.25, -0.2) is 14.8 Å². The summed E-state index contributed by atoms with van der Waals surface area (Å²) in [6.45, 7) is 0.289. The Morgan fingerprint density at radius 1 is 1.33 bits per heavy atom. The molecule has 1 heterocycles. The Bertz CT molecular complexity index is 435. The predicted molar refractivity (Wildman–Crippen MR) is 57.5 cm³/mol. The summed E-state index contributed by atoms with van der Waals surface area (Å²) in [7, 11) is 0. The minimum absolute atomic E-state index is 0.0823. The number of urea groups is 1. The third-order valence-electron chi connectivity index (χ3n) is 1.73. The number of hydrogen-bond donors (Lipinski definition) is 4. The van der Waals surface area contributed by atoms with Crippen LogP contribution in [0.3, 0.4) is 0 Å². The van der Waals surface area contributed by atoms with Crippen LogP contribution in [0.5, 0.6) is 0 Å². The van der Waals surface area contributed by atoms with Gasteiger partial charge in [-0.05, 0) is 0 Å². The molecule has 0 spiro atoms. The second kappa shape index (κ2) is 5.38. The number of nitrogens with one attached hydrogen (secondary N) is 2. The minimum Gasteiger partial charge on any atom is -0.384 e. The van der Waals surface area contributed by atoms with E-state index in [4.69, 9.17) is 11.5 Å². The summed E-state index contributed by atoms with van der Waals surface area (Å²) in [6, 6.07) is 0.425. The van der Waals surface area contributed by atoms with Crippen LogP contribution in [-0.2, 0) is 6.18 Å². The normalized spacial score (nSPS) is 11.1. The van der Waals surface area contributed by atoms with E-state index in [-0.39, 0.29) is 24.7 Å². The Morgan fingerprint density at radius 2 is 2.00 bits per heavy atom. The van der Waals surface area contributed by atoms with Crippen molar-refractivity contribution in [2.24, 2.45) is 5.73 Å². The molecule has 0 atom stereocenters. The van der Waals surface area contributed by atoms with E-state index in [0.717, 1.165) is 6.07 Å². The Labute approximate surface area is 99.8 Å². The molecule has 2 amide bonds. The molecule has 0 aliphatic rings. The maximum atomic E-state index is 12.4. The molecule has 18 heavy (non-hydrogen) atoms. The molecule has 0 aliphatic heterocycles. The lowest BCUT2D eigenvalue weighted by Gasteiger charge is -2.10. The van der Waals surface area contributed by atoms with Gasteiger partial charge < -0.3 is 22.1 Å². The van der Waals surface area contributed by atoms with Crippen LogP contribution in [0.25, 0.3) is 0 Å². The SMILES string of the molecule is NC(=O)NCCNc1cc(N)nc(C(F)(F)F)n1. The van der Waals surface area contributed by atoms with E-state index in [1.807, 2.05) is 0 Å². The first-order valence-corrected chi connectivity index (χ1v) is 4.78. The van der Waals surface area contributed by atoms with E-state index in [9.17, 15) is 18.0 Å². The molecular weight excluding hydrogens is 253 g/mol. The molecule has 0 fully saturated rings. The van der Waals surface area contributed by atoms with Crippen molar-refractivity contribution < 1.29 is 18.0 Å². The molecule has 1 aromatic heterocycles. The maximum absolute atomic E-state index is 12.4. The van der Waals surface area contributed by atoms with Crippen LogP contribution < -0.4 is 22.1 Å². The number of anilines is 2. The molecule has 10 heteroatoms. The number of rotatable bonds is 4. The van der Waals surface area contributed by atoms with Crippen LogP contribution in [-0.4, -0.2) is 29.1 Å². The molecule has 6 N–H and O–H groups in total. The molecule has 0 aliphatic carbocycles. The number of hydrogen-bond acceptors (Lipinski definition) is 5. The van der Waals surface area contributed by atoms with Gasteiger partial charge in [0.15, 0.2) is 0 Å². The summed E-state index contributed by atoms with van der Waals surface area (Å²) in [6.07, 6.45) is -4.67. The molecule has 7 nitrogen and oxygen atoms in total. The molecule has 0 radical (unpaired) electrons. The fourth-order valence-corrected chi connectivity index (χ4v) is 1.06. The highest BCUT2D eigenvalue weighted by Crippen LogP contribution is 2.27. The summed E-state index contributed by atoms with van der Waals surface area (Å²) in [5, 5.41) is 4.81. The van der Waals surface area contributed by atoms with E-state index in [0.29, 0.717) is 0 Å². The van der Waals surface area contributed by atoms with Gasteiger partial charge in [-0.1, -0.05) is 0 Å². The number of primary amides is 1. The number of aromatic nitrogens is 2. The zero-order chi connectivity index (χ0) is 13.8. The average Bonchev–Trinajstić information content (AvgIpc) is 2.22. The van der Waals surface area contributed by atoms with E-state index in [1.54, 1.807) is 0 Å². The van der Waals surface area contributed by atoms with Crippen molar-refractivity contribution in [2.75, 3.05) is 24.1 Å². The van der Waals surface area contributed by atoms with Crippen LogP contribution >= 0.6 is 0 Å². The number of halogens is 3. The fraction of sp³-hybridized carbons (Fsp3) is 0.375. The van der Waals surface area contributed by atoms with Crippen LogP contribution in [0.4, 0.5) is 29.6 Å². The van der Waals surface area contributed by atoms with E-state index in [1.165, 1.54) is 0 Å². The highest BCUT2D eigenvalue weighted by Gasteiger charge is 2.35. The van der Waals surface area contributed by atoms with Gasteiger partial charge in [0.1, 0.15) is 11.6 Å². The van der Waals surface area contributed by atoms with Crippen molar-refractivity contribution in [1.82, 2.24) is 15.3 Å². The van der Waals surface area contributed by atoms with Gasteiger partial charge in [-0.2, -0.15) is 13.2 Å². The summed E-state index contributed by atoms with van der Waals surface area (Å²) < 4.78 is 37.1. The van der Waals surface area contributed by atoms with Crippen LogP contribution in [0, 0.1) is 0 Å². The second-order valence-electron chi connectivity index (χ2n) is 3.22. The first kappa shape index (κ1) is 13.8. The Hall–Kier alpha value is -2.26. The molecule has 100 valence electrons. The number of amides is 2. The molecule has 0 aromatic carbocycles. The highest BCUT2D eigenvalue weighted by molar-refractivity contribution is 5.71. The van der Waals surface area contributed by atoms with Gasteiger partial charge in [0.25, 0.3) is 0 Å². The molecular formula is C8H11F3N6O. The van der Waals surface area contributed by atoms with E-state index >= 15 is 0 Å². The third kappa shape index (κ3) is 4.31. The molecule has 1 aromatic rings. The molecule has 0 unspecified atom stereocenters. The van der Waals surface area contributed by atoms with E-state index in [2.05, 4.69) is 20.6 Å². The summed E-state index contributed by atoms with van der Waals surface area (Å²) in [4.78, 5) is 16.7. The average molecular weight is 264 g/mol. The lowest BCUT2D eigenvalue weighted by atomic mass is 10.4. The van der Waals surface area contributed by atoms with Crippen molar-refractivity contribution in [3.63, 3.8) is 0 Å². The lowest BCUT2D eigenvalue weighted by molar-refractivity contribution is -0.144. The van der Waals surface area contributed by atoms with Crippen molar-refractivity contribution in [3.8, 4) is 0 Å². The first-order valence-electron chi connectivity index (χ1n) is 4.78. The van der Waals surface area contributed by atoms with Gasteiger partial charge in [0, 0.05) is 19.2 Å². The fourth-order valence-electron chi connectivity index (χ4n) is 1.06. The van der Waals surface area contributed by atoms with Gasteiger partial charge in [-0.3, -0.25) is 0 Å². The molecule has 1 rings (SSSR count). The maximum Gasteiger partial charge on any atom is 0.451 e. The van der Waals surface area contributed by atoms with Crippen LogP contribution in [0.2, 0.25) is 0 Å². The summed E-state index contributed by atoms with van der Waals surface area (Å²) >= 11 is 0. The largest absolute Gasteiger partial charge is 0.451 e. The second-order valence-corrected chi connectivity index (χ2v) is 3.22. The number of nitrogen functional groups attached to an aromatic ring is 1. The number of carbonyl (C=O) groups is 1. The first-order chi connectivity index (χ1) is 8.29. The zero-order valence-corrected chi connectivity index (χ0v) is 9.08. The lowest BCUT2D eigenvalue weighted by Crippen LogP contribution is -2.33. The van der Waals surface area contributed by atoms with Crippen molar-refractivity contribution >= 4 is 17.7 Å². The molecule has 0 saturated carbocycles. The van der Waals surface area contributed by atoms with Crippen molar-refractivity contribution in [3.05, 3.63) is 11.9 Å². The number of nitrogens with zero attached hydrogens (tertiary/aromatic N) is 2. The highest BCUT2D eigenvalue weighted by atomic mass is 19.4. The van der Waals surface area contributed by atoms with Gasteiger partial charge >= 0.3 is 12.2 Å². The Kier molecular flexibility index (Phi) is 4.13. The van der Waals surface area contributed by atoms with Gasteiger partial charge in [0.05, 0.1) is 0 Å². The molecule has 0 saturated heterocycles. The number of alkyl halides is 3. The summed E-state index contributed by atoms with van der Waals surface area (Å²) in [5.41, 5.74) is 10.0. The monoisotopic (exact) mass is 264 g/mol. The minimum atomic E-state index is -4.67. The summed E-state index contributed by atoms with van der Waals surface area (Å²) in [5.74, 6) is -1.71. The Balaban J connectivity index is 2.66. The van der Waals surface area contributed by atoms with Crippen molar-refractivity contribution in [1.29, 1.82) is 0 Å². The predicted octanol–water partition coefficient (Wildman–Crippen LogP) is 0.158. The van der Waals surface area contributed by atoms with E-state index < -0.39 is 18.0 Å². The van der Waals surface area contributed by atoms with Crippen LogP contribution in [0.1, 0.15) is 5.82 Å². The zero-order valence-electron chi connectivity index (χ0n) is 9.08. The van der Waals surface area contributed by atoms with Crippen molar-refractivity contribution in [2.45, 2.75) is 6.18 Å². The quantitative estimate of drug-likeness (QED) is 0.577. The number of nitrogens with two attached hydrogens (primary N) is 2. The standard InChI is InChI=1S/C8H11F3N6O/c9-8(10,11)6-16-4(12)3-5(17-6)14-1-2-15-7(13)18/h3H,1-2H2,(H3,13,15,18)(H3,12,14,16,17). The van der Waals surface area contributed by atoms with Crippen LogP contribution in [0.15, 0.2) is 6.07 Å². The van der Waals surface area contributed by atoms with Gasteiger partial charge in [0.2, 0.25) is 5.82 Å². The Morgan fingerprint density at radius 3 is 2.56 bits per heavy atom. The smallest absolute Gasteiger partial charge is 0.384 e. The number of carbonyl (C=O) groups excluding carboxylic acids is 1. The molecule has 0 bridgehead atoms. The third-order valence-corrected chi connectivity index (χ3v) is 1.73. The van der Waals surface area contributed by atoms with Gasteiger partial charge in [-0.15, -0.1) is 0 Å².